The number of fused-ring (bicyclic) bond motifs is 1. The summed E-state index contributed by atoms with van der Waals surface area (Å²) >= 11 is 13.3. The van der Waals surface area contributed by atoms with Gasteiger partial charge in [-0.25, -0.2) is 4.79 Å². The molecule has 58 heavy (non-hydrogen) atoms. The predicted molar refractivity (Wildman–Crippen MR) is 227 cm³/mol. The summed E-state index contributed by atoms with van der Waals surface area (Å²) in [4.78, 5) is 50.1. The molecule has 11 nitrogen and oxygen atoms in total. The number of aromatic nitrogens is 1. The summed E-state index contributed by atoms with van der Waals surface area (Å²) in [5.74, 6) is -0.117. The summed E-state index contributed by atoms with van der Waals surface area (Å²) in [7, 11) is 3.32. The third-order valence-corrected chi connectivity index (χ3v) is 13.4. The first-order chi connectivity index (χ1) is 27.5. The third-order valence-electron chi connectivity index (χ3n) is 12.8. The van der Waals surface area contributed by atoms with Gasteiger partial charge in [-0.3, -0.25) is 14.6 Å². The molecule has 3 fully saturated rings. The lowest BCUT2D eigenvalue weighted by atomic mass is 9.74. The number of ether oxygens (including phenoxy) is 5. The summed E-state index contributed by atoms with van der Waals surface area (Å²) in [6.45, 7) is 14.9. The molecule has 322 valence electrons. The normalized spacial score (nSPS) is 30.1. The maximum atomic E-state index is 14.4. The average Bonchev–Trinajstić information content (AvgIpc) is 3.79. The van der Waals surface area contributed by atoms with Crippen LogP contribution in [0.1, 0.15) is 118 Å². The Morgan fingerprint density at radius 1 is 0.948 bits per heavy atom. The molecule has 1 saturated carbocycles. The van der Waals surface area contributed by atoms with Crippen LogP contribution >= 0.6 is 23.2 Å². The zero-order valence-electron chi connectivity index (χ0n) is 36.0. The predicted octanol–water partition coefficient (Wildman–Crippen LogP) is 10.1. The molecular weight excluding hydrogens is 781 g/mol. The van der Waals surface area contributed by atoms with Gasteiger partial charge in [0.25, 0.3) is 0 Å². The monoisotopic (exact) mass is 845 g/mol. The Morgan fingerprint density at radius 3 is 2.28 bits per heavy atom. The lowest BCUT2D eigenvalue weighted by Gasteiger charge is -2.41. The van der Waals surface area contributed by atoms with Gasteiger partial charge in [-0.1, -0.05) is 57.8 Å². The number of nitrogens with zero attached hydrogens (tertiary/aromatic N) is 3. The number of ketones is 1. The van der Waals surface area contributed by atoms with E-state index in [9.17, 15) is 14.4 Å². The van der Waals surface area contributed by atoms with Crippen molar-refractivity contribution in [3.63, 3.8) is 0 Å². The molecule has 8 unspecified atom stereocenters. The quantitative estimate of drug-likeness (QED) is 0.142. The Morgan fingerprint density at radius 2 is 1.64 bits per heavy atom. The van der Waals surface area contributed by atoms with E-state index >= 15 is 0 Å². The van der Waals surface area contributed by atoms with Crippen LogP contribution in [0.2, 0.25) is 10.0 Å². The lowest BCUT2D eigenvalue weighted by molar-refractivity contribution is -0.170. The Bertz CT molecular complexity index is 1720. The molecule has 2 aliphatic heterocycles. The number of Topliss-reactive ketones (excluding diaryl/α,β-unsaturated/α-hetero) is 1. The SMILES string of the molecule is CCC1OC(=O)C(C)CC(C)CC(C)(OC)CC(C)C(=O)C(C)C2N(CCCCN(Cc3c(Cl)cncc3Cl)c3ccc(OC)c(OC4CCCC4)c3)C(=O)OC12C. The molecule has 0 radical (unpaired) electrons. The van der Waals surface area contributed by atoms with E-state index in [2.05, 4.69) is 16.8 Å². The molecule has 3 heterocycles. The number of hydrogen-bond donors (Lipinski definition) is 0. The maximum absolute atomic E-state index is 14.4. The van der Waals surface area contributed by atoms with Gasteiger partial charge in [0.15, 0.2) is 17.1 Å². The Kier molecular flexibility index (Phi) is 15.7. The molecule has 13 heteroatoms. The highest BCUT2D eigenvalue weighted by Crippen LogP contribution is 2.43. The molecule has 3 aliphatic rings. The largest absolute Gasteiger partial charge is 0.493 e. The first kappa shape index (κ1) is 45.8. The molecule has 0 spiro atoms. The van der Waals surface area contributed by atoms with Gasteiger partial charge in [0.1, 0.15) is 11.9 Å². The second-order valence-corrected chi connectivity index (χ2v) is 18.3. The van der Waals surface area contributed by atoms with E-state index in [1.165, 1.54) is 0 Å². The van der Waals surface area contributed by atoms with E-state index in [1.54, 1.807) is 31.5 Å². The smallest absolute Gasteiger partial charge is 0.410 e. The number of carbonyl (C=O) groups is 3. The van der Waals surface area contributed by atoms with Crippen LogP contribution in [0.15, 0.2) is 30.6 Å². The first-order valence-corrected chi connectivity index (χ1v) is 22.0. The van der Waals surface area contributed by atoms with Crippen molar-refractivity contribution in [2.75, 3.05) is 32.2 Å². The van der Waals surface area contributed by atoms with Crippen LogP contribution in [0.4, 0.5) is 10.5 Å². The first-order valence-electron chi connectivity index (χ1n) is 21.2. The van der Waals surface area contributed by atoms with Gasteiger partial charge in [0, 0.05) is 68.3 Å². The minimum atomic E-state index is -1.25. The minimum Gasteiger partial charge on any atom is -0.493 e. The molecule has 2 saturated heterocycles. The van der Waals surface area contributed by atoms with Crippen LogP contribution in [0.5, 0.6) is 11.5 Å². The van der Waals surface area contributed by atoms with Gasteiger partial charge >= 0.3 is 12.1 Å². The highest BCUT2D eigenvalue weighted by Gasteiger charge is 2.59. The summed E-state index contributed by atoms with van der Waals surface area (Å²) in [5.41, 5.74) is -0.163. The van der Waals surface area contributed by atoms with Gasteiger partial charge < -0.3 is 33.5 Å². The fourth-order valence-electron chi connectivity index (χ4n) is 9.77. The van der Waals surface area contributed by atoms with Gasteiger partial charge in [0.05, 0.1) is 40.8 Å². The number of benzene rings is 1. The van der Waals surface area contributed by atoms with Crippen molar-refractivity contribution in [3.05, 3.63) is 46.2 Å². The fourth-order valence-corrected chi connectivity index (χ4v) is 10.3. The number of pyridine rings is 1. The zero-order chi connectivity index (χ0) is 42.4. The Labute approximate surface area is 355 Å². The molecule has 8 atom stereocenters. The third kappa shape index (κ3) is 10.5. The number of halogens is 2. The summed E-state index contributed by atoms with van der Waals surface area (Å²) in [6, 6.07) is 5.26. The number of carbonyl (C=O) groups excluding carboxylic acids is 3. The molecule has 0 N–H and O–H groups in total. The highest BCUT2D eigenvalue weighted by atomic mass is 35.5. The standard InChI is InChI=1S/C45H65Cl2N3O8/c1-10-39-45(7)41(31(5)40(51)30(4)24-44(6,55-9)23-28(2)21-29(3)42(52)57-39)50(43(53)58-45)20-14-13-19-49(27-34-35(46)25-48-26-36(34)47)32-17-18-37(54-8)38(22-32)56-33-15-11-12-16-33/h17-18,22,25-26,28-31,33,39,41H,10-16,19-21,23-24,27H2,1-9H3. The number of amides is 1. The molecule has 1 aromatic heterocycles. The highest BCUT2D eigenvalue weighted by molar-refractivity contribution is 6.35. The minimum absolute atomic E-state index is 0.0227. The van der Waals surface area contributed by atoms with E-state index in [0.29, 0.717) is 79.7 Å². The second-order valence-electron chi connectivity index (χ2n) is 17.5. The number of anilines is 1. The van der Waals surface area contributed by atoms with E-state index in [0.717, 1.165) is 36.9 Å². The van der Waals surface area contributed by atoms with Gasteiger partial charge in [-0.2, -0.15) is 0 Å². The average molecular weight is 847 g/mol. The molecule has 1 amide bonds. The van der Waals surface area contributed by atoms with E-state index in [1.807, 2.05) is 59.7 Å². The number of esters is 1. The van der Waals surface area contributed by atoms with Crippen molar-refractivity contribution >= 4 is 46.7 Å². The van der Waals surface area contributed by atoms with E-state index in [-0.39, 0.29) is 35.6 Å². The number of unbranched alkanes of at least 4 members (excludes halogenated alkanes) is 1. The van der Waals surface area contributed by atoms with Crippen LogP contribution in [-0.4, -0.2) is 84.5 Å². The summed E-state index contributed by atoms with van der Waals surface area (Å²) in [5, 5.41) is 0.935. The lowest BCUT2D eigenvalue weighted by Crippen LogP contribution is -2.57. The second kappa shape index (κ2) is 19.9. The molecule has 1 aromatic carbocycles. The van der Waals surface area contributed by atoms with E-state index in [4.69, 9.17) is 46.9 Å². The molecular formula is C45H65Cl2N3O8. The van der Waals surface area contributed by atoms with Crippen molar-refractivity contribution in [3.8, 4) is 11.5 Å². The Balaban J connectivity index is 1.41. The summed E-state index contributed by atoms with van der Waals surface area (Å²) in [6.07, 6.45) is 9.88. The van der Waals surface area contributed by atoms with Gasteiger partial charge in [-0.15, -0.1) is 0 Å². The molecule has 0 bridgehead atoms. The van der Waals surface area contributed by atoms with Crippen molar-refractivity contribution < 1.29 is 38.1 Å². The number of methoxy groups -OCH3 is 2. The van der Waals surface area contributed by atoms with Crippen LogP contribution in [-0.2, 0) is 30.3 Å². The van der Waals surface area contributed by atoms with Crippen LogP contribution in [0, 0.1) is 23.7 Å². The van der Waals surface area contributed by atoms with Crippen molar-refractivity contribution in [1.29, 1.82) is 0 Å². The van der Waals surface area contributed by atoms with Crippen LogP contribution in [0.25, 0.3) is 0 Å². The van der Waals surface area contributed by atoms with Gasteiger partial charge in [0.2, 0.25) is 0 Å². The number of cyclic esters (lactones) is 1. The van der Waals surface area contributed by atoms with Crippen LogP contribution in [0.3, 0.4) is 0 Å². The van der Waals surface area contributed by atoms with E-state index < -0.39 is 35.4 Å². The van der Waals surface area contributed by atoms with Gasteiger partial charge in [-0.05, 0) is 96.1 Å². The number of rotatable bonds is 13. The fraction of sp³-hybridized carbons (Fsp3) is 0.689. The van der Waals surface area contributed by atoms with Crippen molar-refractivity contribution in [2.24, 2.45) is 23.7 Å². The number of hydrogen-bond acceptors (Lipinski definition) is 10. The molecule has 1 aliphatic carbocycles. The van der Waals surface area contributed by atoms with Crippen molar-refractivity contribution in [2.45, 2.75) is 149 Å². The Hall–Kier alpha value is -3.28. The van der Waals surface area contributed by atoms with Crippen LogP contribution < -0.4 is 14.4 Å². The summed E-state index contributed by atoms with van der Waals surface area (Å²) < 4.78 is 30.6. The molecule has 2 aromatic rings. The topological polar surface area (TPSA) is 117 Å². The zero-order valence-corrected chi connectivity index (χ0v) is 37.5. The molecule has 5 rings (SSSR count). The van der Waals surface area contributed by atoms with Crippen molar-refractivity contribution in [1.82, 2.24) is 9.88 Å². The maximum Gasteiger partial charge on any atom is 0.410 e.